The van der Waals surface area contributed by atoms with Crippen molar-refractivity contribution in [3.63, 3.8) is 0 Å². The largest absolute Gasteiger partial charge is 0.466 e. The van der Waals surface area contributed by atoms with Gasteiger partial charge in [-0.1, -0.05) is 52.4 Å². The Balaban J connectivity index is 0. The van der Waals surface area contributed by atoms with Crippen LogP contribution in [0, 0.1) is 0 Å². The van der Waals surface area contributed by atoms with Gasteiger partial charge in [-0.25, -0.2) is 9.36 Å². The van der Waals surface area contributed by atoms with Crippen molar-refractivity contribution in [1.29, 1.82) is 0 Å². The first-order valence-corrected chi connectivity index (χ1v) is 9.94. The molecule has 0 aromatic rings. The fourth-order valence-electron chi connectivity index (χ4n) is 1.64. The molecule has 0 aliphatic heterocycles. The SMILES string of the molecule is CCCCCCNN=CNC(=O)NCCCCCC.O=P(O)(O)O. The highest BCUT2D eigenvalue weighted by Crippen LogP contribution is 2.25. The van der Waals surface area contributed by atoms with Crippen LogP contribution in [0.1, 0.15) is 65.2 Å². The molecule has 0 aromatic heterocycles. The third kappa shape index (κ3) is 32.7. The zero-order valence-corrected chi connectivity index (χ0v) is 15.6. The van der Waals surface area contributed by atoms with Crippen molar-refractivity contribution in [2.24, 2.45) is 5.10 Å². The molecule has 0 aromatic carbocycles. The van der Waals surface area contributed by atoms with E-state index in [-0.39, 0.29) is 6.03 Å². The van der Waals surface area contributed by atoms with Gasteiger partial charge in [0.25, 0.3) is 0 Å². The molecule has 0 rings (SSSR count). The number of urea groups is 1. The molecular formula is C14H33N4O5P. The molecule has 0 radical (unpaired) electrons. The molecule has 0 aliphatic carbocycles. The maximum absolute atomic E-state index is 11.3. The summed E-state index contributed by atoms with van der Waals surface area (Å²) in [4.78, 5) is 32.9. The Labute approximate surface area is 144 Å². The van der Waals surface area contributed by atoms with Gasteiger partial charge in [0.1, 0.15) is 6.34 Å². The van der Waals surface area contributed by atoms with Crippen LogP contribution in [0.2, 0.25) is 0 Å². The van der Waals surface area contributed by atoms with Crippen molar-refractivity contribution in [3.8, 4) is 0 Å². The monoisotopic (exact) mass is 368 g/mol. The predicted molar refractivity (Wildman–Crippen MR) is 95.6 cm³/mol. The van der Waals surface area contributed by atoms with E-state index in [1.165, 1.54) is 44.9 Å². The fraction of sp³-hybridized carbons (Fsp3) is 0.857. The molecule has 6 N–H and O–H groups in total. The predicted octanol–water partition coefficient (Wildman–Crippen LogP) is 2.05. The Morgan fingerprint density at radius 1 is 0.958 bits per heavy atom. The van der Waals surface area contributed by atoms with E-state index >= 15 is 0 Å². The summed E-state index contributed by atoms with van der Waals surface area (Å²) in [5.74, 6) is 0. The van der Waals surface area contributed by atoms with Gasteiger partial charge in [-0.05, 0) is 12.8 Å². The summed E-state index contributed by atoms with van der Waals surface area (Å²) in [7, 11) is -4.64. The van der Waals surface area contributed by atoms with Crippen molar-refractivity contribution in [3.05, 3.63) is 0 Å². The Bertz CT molecular complexity index is 355. The van der Waals surface area contributed by atoms with E-state index in [0.29, 0.717) is 0 Å². The van der Waals surface area contributed by atoms with Crippen LogP contribution in [0.15, 0.2) is 5.10 Å². The standard InChI is InChI=1S/C14H30N4O.H3O4P/c1-3-5-7-9-11-15-14(19)16-13-18-17-12-10-8-6-4-2;1-5(2,3)4/h13,17H,3-12H2,1-2H3,(H2,15,16,18,19);(H3,1,2,3,4). The van der Waals surface area contributed by atoms with Crippen LogP contribution < -0.4 is 16.1 Å². The van der Waals surface area contributed by atoms with Crippen LogP contribution in [0.4, 0.5) is 4.79 Å². The van der Waals surface area contributed by atoms with Crippen molar-refractivity contribution < 1.29 is 24.0 Å². The molecular weight excluding hydrogens is 335 g/mol. The van der Waals surface area contributed by atoms with Crippen LogP contribution in [0.3, 0.4) is 0 Å². The van der Waals surface area contributed by atoms with Gasteiger partial charge < -0.3 is 25.4 Å². The van der Waals surface area contributed by atoms with E-state index in [0.717, 1.165) is 25.9 Å². The van der Waals surface area contributed by atoms with E-state index in [1.807, 2.05) is 0 Å². The van der Waals surface area contributed by atoms with Gasteiger partial charge in [0.2, 0.25) is 0 Å². The van der Waals surface area contributed by atoms with Crippen molar-refractivity contribution in [2.45, 2.75) is 65.2 Å². The lowest BCUT2D eigenvalue weighted by molar-refractivity contribution is 0.245. The third-order valence-electron chi connectivity index (χ3n) is 2.81. The van der Waals surface area contributed by atoms with Crippen LogP contribution in [-0.2, 0) is 4.57 Å². The van der Waals surface area contributed by atoms with E-state index < -0.39 is 7.82 Å². The van der Waals surface area contributed by atoms with Gasteiger partial charge in [0.05, 0.1) is 0 Å². The maximum Gasteiger partial charge on any atom is 0.466 e. The lowest BCUT2D eigenvalue weighted by Crippen LogP contribution is -2.35. The van der Waals surface area contributed by atoms with Gasteiger partial charge in [0.15, 0.2) is 0 Å². The number of carbonyl (C=O) groups is 1. The number of carbonyl (C=O) groups excluding carboxylic acids is 1. The molecule has 0 saturated carbocycles. The number of rotatable bonds is 12. The molecule has 144 valence electrons. The molecule has 0 fully saturated rings. The fourth-order valence-corrected chi connectivity index (χ4v) is 1.64. The summed E-state index contributed by atoms with van der Waals surface area (Å²) < 4.78 is 8.88. The normalized spacial score (nSPS) is 10.9. The summed E-state index contributed by atoms with van der Waals surface area (Å²) >= 11 is 0. The molecule has 2 amide bonds. The summed E-state index contributed by atoms with van der Waals surface area (Å²) in [6.07, 6.45) is 10.9. The van der Waals surface area contributed by atoms with Crippen LogP contribution in [0.5, 0.6) is 0 Å². The second kappa shape index (κ2) is 18.2. The molecule has 0 atom stereocenters. The van der Waals surface area contributed by atoms with E-state index in [9.17, 15) is 4.79 Å². The number of hydrazone groups is 1. The number of nitrogens with zero attached hydrogens (tertiary/aromatic N) is 1. The van der Waals surface area contributed by atoms with Crippen LogP contribution in [-0.4, -0.2) is 40.1 Å². The Morgan fingerprint density at radius 2 is 1.46 bits per heavy atom. The first-order chi connectivity index (χ1) is 11.3. The summed E-state index contributed by atoms with van der Waals surface area (Å²) in [6, 6.07) is -0.187. The number of hydrogen-bond acceptors (Lipinski definition) is 4. The van der Waals surface area contributed by atoms with Crippen LogP contribution in [0.25, 0.3) is 0 Å². The Morgan fingerprint density at radius 3 is 1.96 bits per heavy atom. The minimum Gasteiger partial charge on any atom is -0.338 e. The smallest absolute Gasteiger partial charge is 0.338 e. The van der Waals surface area contributed by atoms with Crippen molar-refractivity contribution >= 4 is 20.2 Å². The summed E-state index contributed by atoms with van der Waals surface area (Å²) in [5.41, 5.74) is 2.91. The second-order valence-electron chi connectivity index (χ2n) is 5.20. The highest BCUT2D eigenvalue weighted by Gasteiger charge is 2.00. The number of amides is 2. The first-order valence-electron chi connectivity index (χ1n) is 8.38. The van der Waals surface area contributed by atoms with Crippen LogP contribution >= 0.6 is 7.82 Å². The molecule has 9 nitrogen and oxygen atoms in total. The van der Waals surface area contributed by atoms with Gasteiger partial charge in [0, 0.05) is 13.1 Å². The average molecular weight is 368 g/mol. The summed E-state index contributed by atoms with van der Waals surface area (Å²) in [6.45, 7) is 5.95. The minimum atomic E-state index is -4.64. The van der Waals surface area contributed by atoms with Crippen molar-refractivity contribution in [1.82, 2.24) is 16.1 Å². The van der Waals surface area contributed by atoms with Gasteiger partial charge in [-0.15, -0.1) is 0 Å². The molecule has 0 heterocycles. The highest BCUT2D eigenvalue weighted by molar-refractivity contribution is 7.45. The second-order valence-corrected chi connectivity index (χ2v) is 6.23. The van der Waals surface area contributed by atoms with Crippen molar-refractivity contribution in [2.75, 3.05) is 13.1 Å². The van der Waals surface area contributed by atoms with Gasteiger partial charge in [-0.2, -0.15) is 5.10 Å². The average Bonchev–Trinajstić information content (AvgIpc) is 2.48. The summed E-state index contributed by atoms with van der Waals surface area (Å²) in [5, 5.41) is 9.28. The molecule has 0 saturated heterocycles. The molecule has 0 bridgehead atoms. The van der Waals surface area contributed by atoms with E-state index in [4.69, 9.17) is 19.2 Å². The molecule has 24 heavy (non-hydrogen) atoms. The molecule has 0 unspecified atom stereocenters. The quantitative estimate of drug-likeness (QED) is 0.102. The first kappa shape index (κ1) is 25.1. The zero-order chi connectivity index (χ0) is 18.7. The number of hydrogen-bond donors (Lipinski definition) is 6. The van der Waals surface area contributed by atoms with Gasteiger partial charge >= 0.3 is 13.9 Å². The maximum atomic E-state index is 11.3. The van der Waals surface area contributed by atoms with E-state index in [2.05, 4.69) is 35.0 Å². The topological polar surface area (TPSA) is 143 Å². The number of nitrogens with one attached hydrogen (secondary N) is 3. The number of unbranched alkanes of at least 4 members (excludes halogenated alkanes) is 6. The Kier molecular flexibility index (Phi) is 19.0. The zero-order valence-electron chi connectivity index (χ0n) is 14.7. The Hall–Kier alpha value is -1.15. The molecule has 0 aliphatic rings. The van der Waals surface area contributed by atoms with Gasteiger partial charge in [-0.3, -0.25) is 5.32 Å². The van der Waals surface area contributed by atoms with E-state index in [1.54, 1.807) is 0 Å². The third-order valence-corrected chi connectivity index (χ3v) is 2.81. The number of phosphoric acid groups is 1. The highest BCUT2D eigenvalue weighted by atomic mass is 31.2. The minimum absolute atomic E-state index is 0.187. The lowest BCUT2D eigenvalue weighted by atomic mass is 10.2. The molecule has 10 heteroatoms. The lowest BCUT2D eigenvalue weighted by Gasteiger charge is -2.04. The molecule has 0 spiro atoms.